The van der Waals surface area contributed by atoms with Crippen LogP contribution in [0.25, 0.3) is 0 Å². The number of pyridine rings is 1. The highest BCUT2D eigenvalue weighted by Crippen LogP contribution is 2.33. The topological polar surface area (TPSA) is 49.8 Å². The molecule has 0 bridgehead atoms. The minimum Gasteiger partial charge on any atom is -0.373 e. The molecule has 0 fully saturated rings. The maximum absolute atomic E-state index is 12.9. The third-order valence-corrected chi connectivity index (χ3v) is 3.91. The van der Waals surface area contributed by atoms with Crippen LogP contribution in [0.5, 0.6) is 0 Å². The van der Waals surface area contributed by atoms with Crippen molar-refractivity contribution in [3.05, 3.63) is 34.3 Å². The molecule has 0 unspecified atom stereocenters. The number of hydrogen-bond acceptors (Lipinski definition) is 5. The van der Waals surface area contributed by atoms with E-state index >= 15 is 0 Å². The normalized spacial score (nSPS) is 12.3. The zero-order valence-corrected chi connectivity index (χ0v) is 12.6. The number of alkyl halides is 3. The van der Waals surface area contributed by atoms with Crippen molar-refractivity contribution in [3.8, 4) is 0 Å². The fourth-order valence-electron chi connectivity index (χ4n) is 1.79. The SMILES string of the molecule is CNc1cc(C(F)(F)F)cc(NC(C)(C)c2nccs2)n1. The first-order valence-corrected chi connectivity index (χ1v) is 7.05. The lowest BCUT2D eigenvalue weighted by Crippen LogP contribution is -2.28. The standard InChI is InChI=1S/C13H15F3N4S/c1-12(2,11-18-4-5-21-11)20-10-7-8(13(14,15)16)6-9(17-3)19-10/h4-7H,1-3H3,(H2,17,19,20). The molecule has 8 heteroatoms. The third-order valence-electron chi connectivity index (χ3n) is 2.82. The second-order valence-electron chi connectivity index (χ2n) is 4.96. The summed E-state index contributed by atoms with van der Waals surface area (Å²) < 4.78 is 38.7. The third kappa shape index (κ3) is 3.63. The molecule has 21 heavy (non-hydrogen) atoms. The maximum Gasteiger partial charge on any atom is 0.416 e. The molecule has 2 N–H and O–H groups in total. The van der Waals surface area contributed by atoms with Crippen LogP contribution in [0.4, 0.5) is 24.8 Å². The van der Waals surface area contributed by atoms with Gasteiger partial charge in [0, 0.05) is 18.6 Å². The van der Waals surface area contributed by atoms with E-state index in [1.807, 2.05) is 19.2 Å². The molecule has 4 nitrogen and oxygen atoms in total. The smallest absolute Gasteiger partial charge is 0.373 e. The number of nitrogens with one attached hydrogen (secondary N) is 2. The lowest BCUT2D eigenvalue weighted by Gasteiger charge is -2.25. The number of aromatic nitrogens is 2. The van der Waals surface area contributed by atoms with Gasteiger partial charge in [-0.2, -0.15) is 13.2 Å². The van der Waals surface area contributed by atoms with Crippen LogP contribution in [-0.4, -0.2) is 17.0 Å². The zero-order chi connectivity index (χ0) is 15.7. The van der Waals surface area contributed by atoms with Gasteiger partial charge >= 0.3 is 6.18 Å². The number of thiazole rings is 1. The first-order valence-electron chi connectivity index (χ1n) is 6.17. The minimum absolute atomic E-state index is 0.148. The lowest BCUT2D eigenvalue weighted by atomic mass is 10.1. The Morgan fingerprint density at radius 3 is 2.33 bits per heavy atom. The van der Waals surface area contributed by atoms with E-state index in [-0.39, 0.29) is 11.6 Å². The number of nitrogens with zero attached hydrogens (tertiary/aromatic N) is 2. The van der Waals surface area contributed by atoms with Gasteiger partial charge in [-0.25, -0.2) is 9.97 Å². The highest BCUT2D eigenvalue weighted by Gasteiger charge is 2.32. The largest absolute Gasteiger partial charge is 0.416 e. The van der Waals surface area contributed by atoms with Crippen LogP contribution in [0.3, 0.4) is 0 Å². The highest BCUT2D eigenvalue weighted by molar-refractivity contribution is 7.09. The molecule has 2 aromatic rings. The van der Waals surface area contributed by atoms with Crippen LogP contribution < -0.4 is 10.6 Å². The molecular weight excluding hydrogens is 301 g/mol. The highest BCUT2D eigenvalue weighted by atomic mass is 32.1. The molecule has 2 rings (SSSR count). The van der Waals surface area contributed by atoms with Crippen molar-refractivity contribution in [2.75, 3.05) is 17.7 Å². The predicted molar refractivity (Wildman–Crippen MR) is 77.5 cm³/mol. The van der Waals surface area contributed by atoms with Crippen molar-refractivity contribution in [2.45, 2.75) is 25.6 Å². The van der Waals surface area contributed by atoms with Gasteiger partial charge in [-0.1, -0.05) is 0 Å². The Morgan fingerprint density at radius 2 is 1.81 bits per heavy atom. The van der Waals surface area contributed by atoms with Crippen molar-refractivity contribution in [1.82, 2.24) is 9.97 Å². The molecule has 0 saturated carbocycles. The molecule has 0 aliphatic carbocycles. The van der Waals surface area contributed by atoms with E-state index in [1.165, 1.54) is 18.4 Å². The fourth-order valence-corrected chi connectivity index (χ4v) is 2.51. The minimum atomic E-state index is -4.42. The molecule has 114 valence electrons. The van der Waals surface area contributed by atoms with Gasteiger partial charge in [0.25, 0.3) is 0 Å². The Balaban J connectivity index is 2.36. The molecule has 0 radical (unpaired) electrons. The van der Waals surface area contributed by atoms with Crippen LogP contribution in [0.1, 0.15) is 24.4 Å². The molecule has 0 spiro atoms. The second-order valence-corrected chi connectivity index (χ2v) is 5.86. The van der Waals surface area contributed by atoms with Gasteiger partial charge in [-0.15, -0.1) is 11.3 Å². The summed E-state index contributed by atoms with van der Waals surface area (Å²) in [4.78, 5) is 8.30. The molecular formula is C13H15F3N4S. The summed E-state index contributed by atoms with van der Waals surface area (Å²) in [6, 6.07) is 1.97. The van der Waals surface area contributed by atoms with E-state index in [0.29, 0.717) is 0 Å². The van der Waals surface area contributed by atoms with Crippen LogP contribution >= 0.6 is 11.3 Å². The molecule has 0 amide bonds. The van der Waals surface area contributed by atoms with Crippen molar-refractivity contribution in [1.29, 1.82) is 0 Å². The molecule has 2 heterocycles. The van der Waals surface area contributed by atoms with E-state index in [0.717, 1.165) is 17.1 Å². The Labute approximate surface area is 124 Å². The summed E-state index contributed by atoms with van der Waals surface area (Å²) >= 11 is 1.43. The second kappa shape index (κ2) is 5.51. The van der Waals surface area contributed by atoms with Crippen molar-refractivity contribution in [3.63, 3.8) is 0 Å². The van der Waals surface area contributed by atoms with Gasteiger partial charge in [-0.3, -0.25) is 0 Å². The van der Waals surface area contributed by atoms with Gasteiger partial charge in [0.2, 0.25) is 0 Å². The number of halogens is 3. The lowest BCUT2D eigenvalue weighted by molar-refractivity contribution is -0.137. The quantitative estimate of drug-likeness (QED) is 0.897. The Morgan fingerprint density at radius 1 is 1.14 bits per heavy atom. The van der Waals surface area contributed by atoms with Crippen molar-refractivity contribution in [2.24, 2.45) is 0 Å². The van der Waals surface area contributed by atoms with E-state index < -0.39 is 17.3 Å². The molecule has 0 aromatic carbocycles. The van der Waals surface area contributed by atoms with Gasteiger partial charge in [0.05, 0.1) is 11.1 Å². The zero-order valence-electron chi connectivity index (χ0n) is 11.7. The van der Waals surface area contributed by atoms with Gasteiger partial charge < -0.3 is 10.6 Å². The van der Waals surface area contributed by atoms with Crippen molar-refractivity contribution < 1.29 is 13.2 Å². The van der Waals surface area contributed by atoms with Crippen LogP contribution in [0, 0.1) is 0 Å². The summed E-state index contributed by atoms with van der Waals surface area (Å²) in [5.41, 5.74) is -1.37. The average molecular weight is 316 g/mol. The van der Waals surface area contributed by atoms with Crippen molar-refractivity contribution >= 4 is 23.0 Å². The summed E-state index contributed by atoms with van der Waals surface area (Å²) in [6.45, 7) is 3.68. The summed E-state index contributed by atoms with van der Waals surface area (Å²) in [7, 11) is 1.53. The summed E-state index contributed by atoms with van der Waals surface area (Å²) in [6.07, 6.45) is -2.77. The fraction of sp³-hybridized carbons (Fsp3) is 0.385. The number of hydrogen-bond donors (Lipinski definition) is 2. The summed E-state index contributed by atoms with van der Waals surface area (Å²) in [5.74, 6) is 0.302. The predicted octanol–water partition coefficient (Wildman–Crippen LogP) is 3.95. The van der Waals surface area contributed by atoms with E-state index in [9.17, 15) is 13.2 Å². The molecule has 0 aliphatic heterocycles. The first-order chi connectivity index (χ1) is 9.72. The molecule has 0 aliphatic rings. The van der Waals surface area contributed by atoms with Gasteiger partial charge in [-0.05, 0) is 26.0 Å². The Kier molecular flexibility index (Phi) is 4.08. The molecule has 2 aromatic heterocycles. The monoisotopic (exact) mass is 316 g/mol. The van der Waals surface area contributed by atoms with E-state index in [2.05, 4.69) is 20.6 Å². The van der Waals surface area contributed by atoms with Crippen LogP contribution in [0.2, 0.25) is 0 Å². The van der Waals surface area contributed by atoms with Gasteiger partial charge in [0.15, 0.2) is 0 Å². The van der Waals surface area contributed by atoms with E-state index in [4.69, 9.17) is 0 Å². The van der Waals surface area contributed by atoms with Crippen LogP contribution in [0.15, 0.2) is 23.7 Å². The molecule has 0 atom stereocenters. The first kappa shape index (κ1) is 15.6. The van der Waals surface area contributed by atoms with Gasteiger partial charge in [0.1, 0.15) is 16.6 Å². The maximum atomic E-state index is 12.9. The van der Waals surface area contributed by atoms with Crippen LogP contribution in [-0.2, 0) is 11.7 Å². The Bertz CT molecular complexity index is 608. The average Bonchev–Trinajstić information content (AvgIpc) is 2.91. The Hall–Kier alpha value is -1.83. The number of anilines is 2. The number of rotatable bonds is 4. The summed E-state index contributed by atoms with van der Waals surface area (Å²) in [5, 5.41) is 8.23. The van der Waals surface area contributed by atoms with E-state index in [1.54, 1.807) is 6.20 Å². The molecule has 0 saturated heterocycles.